The molecule has 0 fully saturated rings. The van der Waals surface area contributed by atoms with Gasteiger partial charge in [0, 0.05) is 18.7 Å². The van der Waals surface area contributed by atoms with Gasteiger partial charge in [-0.3, -0.25) is 0 Å². The molecule has 0 radical (unpaired) electrons. The fourth-order valence-electron chi connectivity index (χ4n) is 1.46. The average Bonchev–Trinajstić information content (AvgIpc) is 2.35. The van der Waals surface area contributed by atoms with Gasteiger partial charge in [-0.15, -0.1) is 0 Å². The predicted molar refractivity (Wildman–Crippen MR) is 70.1 cm³/mol. The maximum absolute atomic E-state index is 11.5. The first-order valence-electron chi connectivity index (χ1n) is 5.81. The number of nitrogens with one attached hydrogen (secondary N) is 2. The van der Waals surface area contributed by atoms with Crippen LogP contribution in [-0.2, 0) is 6.54 Å². The van der Waals surface area contributed by atoms with Gasteiger partial charge in [-0.2, -0.15) is 0 Å². The minimum atomic E-state index is -0.188. The number of carbonyl (C=O) groups excluding carboxylic acids is 1. The number of methoxy groups -OCH3 is 2. The van der Waals surface area contributed by atoms with Crippen molar-refractivity contribution in [1.82, 2.24) is 10.6 Å². The quantitative estimate of drug-likeness (QED) is 0.841. The molecule has 2 N–H and O–H groups in total. The molecule has 18 heavy (non-hydrogen) atoms. The van der Waals surface area contributed by atoms with E-state index in [9.17, 15) is 4.79 Å². The van der Waals surface area contributed by atoms with Crippen molar-refractivity contribution < 1.29 is 14.3 Å². The molecule has 2 amide bonds. The molecule has 5 heteroatoms. The summed E-state index contributed by atoms with van der Waals surface area (Å²) < 4.78 is 10.3. The molecule has 0 heterocycles. The fourth-order valence-corrected chi connectivity index (χ4v) is 1.46. The molecule has 0 aromatic heterocycles. The van der Waals surface area contributed by atoms with Crippen molar-refractivity contribution in [3.63, 3.8) is 0 Å². The summed E-state index contributed by atoms with van der Waals surface area (Å²) in [7, 11) is 3.19. The highest BCUT2D eigenvalue weighted by atomic mass is 16.5. The Morgan fingerprint density at radius 3 is 2.17 bits per heavy atom. The van der Waals surface area contributed by atoms with Crippen molar-refractivity contribution in [2.45, 2.75) is 26.4 Å². The van der Waals surface area contributed by atoms with E-state index in [0.717, 1.165) is 5.56 Å². The van der Waals surface area contributed by atoms with Gasteiger partial charge in [0.05, 0.1) is 14.2 Å². The Morgan fingerprint density at radius 2 is 1.72 bits per heavy atom. The van der Waals surface area contributed by atoms with Crippen LogP contribution in [0.25, 0.3) is 0 Å². The summed E-state index contributed by atoms with van der Waals surface area (Å²) >= 11 is 0. The van der Waals surface area contributed by atoms with Gasteiger partial charge in [0.15, 0.2) is 0 Å². The van der Waals surface area contributed by atoms with Crippen LogP contribution in [-0.4, -0.2) is 26.3 Å². The van der Waals surface area contributed by atoms with Gasteiger partial charge < -0.3 is 20.1 Å². The van der Waals surface area contributed by atoms with Gasteiger partial charge in [-0.25, -0.2) is 4.79 Å². The van der Waals surface area contributed by atoms with Crippen LogP contribution in [0.15, 0.2) is 18.2 Å². The van der Waals surface area contributed by atoms with Gasteiger partial charge in [0.2, 0.25) is 0 Å². The highest BCUT2D eigenvalue weighted by Gasteiger charge is 2.05. The van der Waals surface area contributed by atoms with E-state index >= 15 is 0 Å². The Balaban J connectivity index is 2.63. The van der Waals surface area contributed by atoms with Crippen molar-refractivity contribution in [2.24, 2.45) is 0 Å². The Hall–Kier alpha value is -1.91. The van der Waals surface area contributed by atoms with Crippen LogP contribution in [0.2, 0.25) is 0 Å². The zero-order valence-corrected chi connectivity index (χ0v) is 11.2. The van der Waals surface area contributed by atoms with E-state index in [2.05, 4.69) is 10.6 Å². The van der Waals surface area contributed by atoms with E-state index in [1.165, 1.54) is 0 Å². The molecule has 0 aliphatic rings. The third kappa shape index (κ3) is 4.53. The monoisotopic (exact) mass is 252 g/mol. The van der Waals surface area contributed by atoms with Crippen LogP contribution in [0.3, 0.4) is 0 Å². The Kier molecular flexibility index (Phi) is 5.30. The van der Waals surface area contributed by atoms with Gasteiger partial charge in [-0.05, 0) is 31.5 Å². The van der Waals surface area contributed by atoms with Crippen LogP contribution >= 0.6 is 0 Å². The summed E-state index contributed by atoms with van der Waals surface area (Å²) in [4.78, 5) is 11.5. The lowest BCUT2D eigenvalue weighted by atomic mass is 10.2. The SMILES string of the molecule is COc1cc(CNC(=O)NC(C)C)cc(OC)c1. The Labute approximate surface area is 107 Å². The number of rotatable bonds is 5. The molecule has 1 aromatic rings. The van der Waals surface area contributed by atoms with Crippen molar-refractivity contribution >= 4 is 6.03 Å². The summed E-state index contributed by atoms with van der Waals surface area (Å²) in [6.07, 6.45) is 0. The van der Waals surface area contributed by atoms with E-state index in [-0.39, 0.29) is 12.1 Å². The summed E-state index contributed by atoms with van der Waals surface area (Å²) in [6, 6.07) is 5.44. The van der Waals surface area contributed by atoms with Crippen LogP contribution in [0.1, 0.15) is 19.4 Å². The molecule has 0 unspecified atom stereocenters. The normalized spacial score (nSPS) is 10.1. The minimum absolute atomic E-state index is 0.116. The molecule has 1 rings (SSSR count). The van der Waals surface area contributed by atoms with E-state index in [1.54, 1.807) is 20.3 Å². The summed E-state index contributed by atoms with van der Waals surface area (Å²) in [5, 5.41) is 5.53. The second kappa shape index (κ2) is 6.74. The lowest BCUT2D eigenvalue weighted by Gasteiger charge is -2.11. The molecule has 0 spiro atoms. The largest absolute Gasteiger partial charge is 0.497 e. The predicted octanol–water partition coefficient (Wildman–Crippen LogP) is 1.91. The van der Waals surface area contributed by atoms with E-state index in [4.69, 9.17) is 9.47 Å². The molecule has 0 atom stereocenters. The number of carbonyl (C=O) groups is 1. The Bertz CT molecular complexity index is 383. The smallest absolute Gasteiger partial charge is 0.315 e. The first kappa shape index (κ1) is 14.2. The van der Waals surface area contributed by atoms with E-state index in [1.807, 2.05) is 26.0 Å². The Morgan fingerprint density at radius 1 is 1.17 bits per heavy atom. The van der Waals surface area contributed by atoms with Crippen LogP contribution in [0.4, 0.5) is 4.79 Å². The van der Waals surface area contributed by atoms with Gasteiger partial charge in [0.25, 0.3) is 0 Å². The van der Waals surface area contributed by atoms with Gasteiger partial charge in [0.1, 0.15) is 11.5 Å². The van der Waals surface area contributed by atoms with Crippen molar-refractivity contribution in [1.29, 1.82) is 0 Å². The third-order valence-corrected chi connectivity index (χ3v) is 2.28. The zero-order chi connectivity index (χ0) is 13.5. The summed E-state index contributed by atoms with van der Waals surface area (Å²) in [5.74, 6) is 1.41. The standard InChI is InChI=1S/C13H20N2O3/c1-9(2)15-13(16)14-8-10-5-11(17-3)7-12(6-10)18-4/h5-7,9H,8H2,1-4H3,(H2,14,15,16). The number of hydrogen-bond acceptors (Lipinski definition) is 3. The number of amides is 2. The first-order valence-corrected chi connectivity index (χ1v) is 5.81. The lowest BCUT2D eigenvalue weighted by molar-refractivity contribution is 0.238. The van der Waals surface area contributed by atoms with Gasteiger partial charge >= 0.3 is 6.03 Å². The third-order valence-electron chi connectivity index (χ3n) is 2.28. The van der Waals surface area contributed by atoms with E-state index < -0.39 is 0 Å². The van der Waals surface area contributed by atoms with Crippen molar-refractivity contribution in [3.05, 3.63) is 23.8 Å². The molecule has 1 aromatic carbocycles. The summed E-state index contributed by atoms with van der Waals surface area (Å²) in [5.41, 5.74) is 0.921. The lowest BCUT2D eigenvalue weighted by Crippen LogP contribution is -2.39. The number of benzene rings is 1. The van der Waals surface area contributed by atoms with Crippen LogP contribution in [0, 0.1) is 0 Å². The topological polar surface area (TPSA) is 59.6 Å². The molecule has 0 bridgehead atoms. The second-order valence-electron chi connectivity index (χ2n) is 4.20. The molecule has 0 aliphatic carbocycles. The zero-order valence-electron chi connectivity index (χ0n) is 11.2. The fraction of sp³-hybridized carbons (Fsp3) is 0.462. The molecule has 100 valence electrons. The number of urea groups is 1. The molecule has 0 aliphatic heterocycles. The highest BCUT2D eigenvalue weighted by Crippen LogP contribution is 2.22. The van der Waals surface area contributed by atoms with Crippen LogP contribution < -0.4 is 20.1 Å². The van der Waals surface area contributed by atoms with Gasteiger partial charge in [-0.1, -0.05) is 0 Å². The number of ether oxygens (including phenoxy) is 2. The average molecular weight is 252 g/mol. The molecular formula is C13H20N2O3. The summed E-state index contributed by atoms with van der Waals surface area (Å²) in [6.45, 7) is 4.24. The second-order valence-corrected chi connectivity index (χ2v) is 4.20. The highest BCUT2D eigenvalue weighted by molar-refractivity contribution is 5.74. The molecule has 0 saturated carbocycles. The van der Waals surface area contributed by atoms with E-state index in [0.29, 0.717) is 18.0 Å². The van der Waals surface area contributed by atoms with Crippen LogP contribution in [0.5, 0.6) is 11.5 Å². The molecular weight excluding hydrogens is 232 g/mol. The molecule has 0 saturated heterocycles. The first-order chi connectivity index (χ1) is 8.55. The minimum Gasteiger partial charge on any atom is -0.497 e. The number of hydrogen-bond donors (Lipinski definition) is 2. The maximum Gasteiger partial charge on any atom is 0.315 e. The van der Waals surface area contributed by atoms with Crippen molar-refractivity contribution in [2.75, 3.05) is 14.2 Å². The maximum atomic E-state index is 11.5. The van der Waals surface area contributed by atoms with Crippen molar-refractivity contribution in [3.8, 4) is 11.5 Å². The molecule has 5 nitrogen and oxygen atoms in total.